The van der Waals surface area contributed by atoms with Gasteiger partial charge in [0.15, 0.2) is 0 Å². The van der Waals surface area contributed by atoms with Crippen molar-refractivity contribution in [3.05, 3.63) is 35.1 Å². The fraction of sp³-hybridized carbons (Fsp3) is 0.417. The molecule has 94 valence electrons. The maximum Gasteiger partial charge on any atom is 0.123 e. The van der Waals surface area contributed by atoms with Crippen molar-refractivity contribution >= 4 is 17.2 Å². The largest absolute Gasteiger partial charge is 0.389 e. The first-order chi connectivity index (χ1) is 8.04. The molecule has 0 aromatic heterocycles. The lowest BCUT2D eigenvalue weighted by molar-refractivity contribution is 0.158. The molecule has 0 saturated heterocycles. The van der Waals surface area contributed by atoms with Crippen LogP contribution in [0, 0.1) is 5.82 Å². The summed E-state index contributed by atoms with van der Waals surface area (Å²) in [4.78, 5) is 2.29. The Hall–Kier alpha value is -1.04. The van der Waals surface area contributed by atoms with E-state index in [-0.39, 0.29) is 10.8 Å². The normalized spacial score (nSPS) is 10.8. The SMILES string of the molecule is COCCN(C)Cc1ccc(F)cc1C(N)=S. The zero-order chi connectivity index (χ0) is 12.8. The number of ether oxygens (including phenoxy) is 1. The summed E-state index contributed by atoms with van der Waals surface area (Å²) in [5, 5.41) is 0. The molecule has 0 aliphatic carbocycles. The van der Waals surface area contributed by atoms with Gasteiger partial charge in [-0.05, 0) is 24.7 Å². The molecule has 2 N–H and O–H groups in total. The molecule has 1 rings (SSSR count). The minimum atomic E-state index is -0.323. The van der Waals surface area contributed by atoms with E-state index in [4.69, 9.17) is 22.7 Å². The van der Waals surface area contributed by atoms with Crippen LogP contribution in [0.4, 0.5) is 4.39 Å². The van der Waals surface area contributed by atoms with E-state index >= 15 is 0 Å². The van der Waals surface area contributed by atoms with Gasteiger partial charge in [-0.1, -0.05) is 18.3 Å². The van der Waals surface area contributed by atoms with E-state index in [2.05, 4.69) is 4.90 Å². The van der Waals surface area contributed by atoms with E-state index in [9.17, 15) is 4.39 Å². The zero-order valence-corrected chi connectivity index (χ0v) is 10.9. The first kappa shape index (κ1) is 14.0. The van der Waals surface area contributed by atoms with Crippen LogP contribution in [0.5, 0.6) is 0 Å². The molecule has 0 amide bonds. The standard InChI is InChI=1S/C12H17FN2OS/c1-15(5-6-16-2)8-9-3-4-10(13)7-11(9)12(14)17/h3-4,7H,5-6,8H2,1-2H3,(H2,14,17). The van der Waals surface area contributed by atoms with Crippen LogP contribution in [0.3, 0.4) is 0 Å². The molecule has 5 heteroatoms. The Morgan fingerprint density at radius 2 is 2.24 bits per heavy atom. The van der Waals surface area contributed by atoms with Gasteiger partial charge in [0.25, 0.3) is 0 Å². The highest BCUT2D eigenvalue weighted by Crippen LogP contribution is 2.13. The average Bonchev–Trinajstić information content (AvgIpc) is 2.28. The first-order valence-corrected chi connectivity index (χ1v) is 5.71. The molecular weight excluding hydrogens is 239 g/mol. The Balaban J connectivity index is 2.79. The molecule has 1 aromatic rings. The summed E-state index contributed by atoms with van der Waals surface area (Å²) < 4.78 is 18.1. The predicted molar refractivity (Wildman–Crippen MR) is 70.5 cm³/mol. The Labute approximate surface area is 106 Å². The van der Waals surface area contributed by atoms with Crippen molar-refractivity contribution in [3.8, 4) is 0 Å². The Bertz CT molecular complexity index is 398. The second-order valence-corrected chi connectivity index (χ2v) is 4.34. The summed E-state index contributed by atoms with van der Waals surface area (Å²) in [5.41, 5.74) is 7.11. The minimum absolute atomic E-state index is 0.222. The van der Waals surface area contributed by atoms with Crippen LogP contribution in [-0.4, -0.2) is 37.2 Å². The zero-order valence-electron chi connectivity index (χ0n) is 10.1. The number of hydrogen-bond acceptors (Lipinski definition) is 3. The highest BCUT2D eigenvalue weighted by molar-refractivity contribution is 7.80. The summed E-state index contributed by atoms with van der Waals surface area (Å²) in [6.07, 6.45) is 0. The van der Waals surface area contributed by atoms with Crippen LogP contribution >= 0.6 is 12.2 Å². The Morgan fingerprint density at radius 3 is 2.82 bits per heavy atom. The molecule has 0 saturated carbocycles. The maximum absolute atomic E-state index is 13.1. The van der Waals surface area contributed by atoms with Crippen LogP contribution in [0.15, 0.2) is 18.2 Å². The molecule has 0 unspecified atom stereocenters. The number of likely N-dealkylation sites (N-methyl/N-ethyl adjacent to an activating group) is 1. The molecular formula is C12H17FN2OS. The number of benzene rings is 1. The van der Waals surface area contributed by atoms with Gasteiger partial charge in [-0.2, -0.15) is 0 Å². The van der Waals surface area contributed by atoms with E-state index in [0.29, 0.717) is 18.7 Å². The van der Waals surface area contributed by atoms with E-state index in [1.54, 1.807) is 13.2 Å². The van der Waals surface area contributed by atoms with Crippen LogP contribution in [0.25, 0.3) is 0 Å². The monoisotopic (exact) mass is 256 g/mol. The number of rotatable bonds is 6. The number of nitrogens with two attached hydrogens (primary N) is 1. The van der Waals surface area contributed by atoms with Crippen molar-refractivity contribution in [2.75, 3.05) is 27.3 Å². The predicted octanol–water partition coefficient (Wildman–Crippen LogP) is 1.54. The summed E-state index contributed by atoms with van der Waals surface area (Å²) in [5.74, 6) is -0.323. The molecule has 0 fully saturated rings. The number of hydrogen-bond donors (Lipinski definition) is 1. The lowest BCUT2D eigenvalue weighted by Crippen LogP contribution is -2.24. The van der Waals surface area contributed by atoms with E-state index in [1.807, 2.05) is 7.05 Å². The summed E-state index contributed by atoms with van der Waals surface area (Å²) in [6, 6.07) is 4.51. The van der Waals surface area contributed by atoms with E-state index < -0.39 is 0 Å². The Kier molecular flexibility index (Phi) is 5.47. The van der Waals surface area contributed by atoms with Gasteiger partial charge in [0.1, 0.15) is 10.8 Å². The third-order valence-electron chi connectivity index (χ3n) is 2.45. The molecule has 0 aliphatic rings. The number of nitrogens with zero attached hydrogens (tertiary/aromatic N) is 1. The highest BCUT2D eigenvalue weighted by atomic mass is 32.1. The van der Waals surface area contributed by atoms with Gasteiger partial charge in [0.05, 0.1) is 6.61 Å². The van der Waals surface area contributed by atoms with Gasteiger partial charge in [-0.15, -0.1) is 0 Å². The van der Waals surface area contributed by atoms with Crippen molar-refractivity contribution < 1.29 is 9.13 Å². The number of methoxy groups -OCH3 is 1. The minimum Gasteiger partial charge on any atom is -0.389 e. The molecule has 0 aliphatic heterocycles. The molecule has 17 heavy (non-hydrogen) atoms. The Morgan fingerprint density at radius 1 is 1.53 bits per heavy atom. The highest BCUT2D eigenvalue weighted by Gasteiger charge is 2.09. The van der Waals surface area contributed by atoms with Crippen molar-refractivity contribution in [3.63, 3.8) is 0 Å². The van der Waals surface area contributed by atoms with Gasteiger partial charge < -0.3 is 10.5 Å². The van der Waals surface area contributed by atoms with Crippen LogP contribution in [0.1, 0.15) is 11.1 Å². The molecule has 0 bridgehead atoms. The molecule has 0 radical (unpaired) electrons. The lowest BCUT2D eigenvalue weighted by atomic mass is 10.1. The molecule has 0 spiro atoms. The van der Waals surface area contributed by atoms with Crippen molar-refractivity contribution in [2.24, 2.45) is 5.73 Å². The smallest absolute Gasteiger partial charge is 0.123 e. The topological polar surface area (TPSA) is 38.5 Å². The fourth-order valence-corrected chi connectivity index (χ4v) is 1.72. The lowest BCUT2D eigenvalue weighted by Gasteiger charge is -2.18. The second kappa shape index (κ2) is 6.64. The molecule has 0 heterocycles. The van der Waals surface area contributed by atoms with Crippen LogP contribution in [0.2, 0.25) is 0 Å². The fourth-order valence-electron chi connectivity index (χ4n) is 1.53. The maximum atomic E-state index is 13.1. The number of thiocarbonyl (C=S) groups is 1. The number of halogens is 1. The first-order valence-electron chi connectivity index (χ1n) is 5.30. The van der Waals surface area contributed by atoms with Crippen LogP contribution in [-0.2, 0) is 11.3 Å². The van der Waals surface area contributed by atoms with E-state index in [1.165, 1.54) is 12.1 Å². The average molecular weight is 256 g/mol. The summed E-state index contributed by atoms with van der Waals surface area (Å²) >= 11 is 4.92. The van der Waals surface area contributed by atoms with Gasteiger partial charge in [-0.25, -0.2) is 4.39 Å². The van der Waals surface area contributed by atoms with Crippen molar-refractivity contribution in [1.29, 1.82) is 0 Å². The summed E-state index contributed by atoms with van der Waals surface area (Å²) in [6.45, 7) is 2.11. The summed E-state index contributed by atoms with van der Waals surface area (Å²) in [7, 11) is 3.62. The van der Waals surface area contributed by atoms with Crippen molar-refractivity contribution in [2.45, 2.75) is 6.54 Å². The quantitative estimate of drug-likeness (QED) is 0.784. The van der Waals surface area contributed by atoms with Crippen LogP contribution < -0.4 is 5.73 Å². The second-order valence-electron chi connectivity index (χ2n) is 3.90. The van der Waals surface area contributed by atoms with Gasteiger partial charge in [0, 0.05) is 25.8 Å². The van der Waals surface area contributed by atoms with Gasteiger partial charge in [-0.3, -0.25) is 4.90 Å². The molecule has 0 atom stereocenters. The third-order valence-corrected chi connectivity index (χ3v) is 2.67. The molecule has 1 aromatic carbocycles. The van der Waals surface area contributed by atoms with Gasteiger partial charge in [0.2, 0.25) is 0 Å². The molecule has 3 nitrogen and oxygen atoms in total. The van der Waals surface area contributed by atoms with E-state index in [0.717, 1.165) is 12.1 Å². The van der Waals surface area contributed by atoms with Crippen molar-refractivity contribution in [1.82, 2.24) is 4.90 Å². The van der Waals surface area contributed by atoms with Gasteiger partial charge >= 0.3 is 0 Å². The third kappa shape index (κ3) is 4.38.